The van der Waals surface area contributed by atoms with Gasteiger partial charge < -0.3 is 5.11 Å². The number of aryl methyl sites for hydroxylation is 1. The molecule has 0 amide bonds. The fourth-order valence-corrected chi connectivity index (χ4v) is 3.38. The molecule has 0 aliphatic heterocycles. The summed E-state index contributed by atoms with van der Waals surface area (Å²) in [5.74, 6) is -0.251. The van der Waals surface area contributed by atoms with Gasteiger partial charge in [-0.05, 0) is 42.5 Å². The van der Waals surface area contributed by atoms with Crippen molar-refractivity contribution in [3.63, 3.8) is 0 Å². The molecule has 1 heterocycles. The van der Waals surface area contributed by atoms with Gasteiger partial charge in [-0.2, -0.15) is 0 Å². The maximum Gasteiger partial charge on any atom is 0.318 e. The number of aromatic nitrogens is 1. The van der Waals surface area contributed by atoms with E-state index >= 15 is 0 Å². The molecule has 1 aromatic heterocycles. The second-order valence-electron chi connectivity index (χ2n) is 6.28. The van der Waals surface area contributed by atoms with Crippen LogP contribution in [0.2, 0.25) is 0 Å². The standard InChI is InChI=1S/C12H13NS.C9H11NO2S/c1-9(2)10-3-5-11(6-4-10)12-7-14-8-13-12;1-7-2-4-8(5-3-7)13-10-6-9(11)12/h3-9H,1-2H3;2-5,10H,6H2,1H3,(H,11,12). The third-order valence-electron chi connectivity index (χ3n) is 3.74. The lowest BCUT2D eigenvalue weighted by atomic mass is 10.0. The molecule has 6 heteroatoms. The maximum absolute atomic E-state index is 10.2. The second-order valence-corrected chi connectivity index (χ2v) is 7.96. The molecule has 0 spiro atoms. The molecule has 27 heavy (non-hydrogen) atoms. The number of aliphatic carboxylic acids is 1. The number of nitrogens with zero attached hydrogens (tertiary/aromatic N) is 1. The zero-order valence-corrected chi connectivity index (χ0v) is 17.3. The topological polar surface area (TPSA) is 62.2 Å². The van der Waals surface area contributed by atoms with E-state index in [1.165, 1.54) is 28.6 Å². The Hall–Kier alpha value is -2.15. The lowest BCUT2D eigenvalue weighted by Gasteiger charge is -2.05. The van der Waals surface area contributed by atoms with Crippen LogP contribution in [0, 0.1) is 6.92 Å². The normalized spacial score (nSPS) is 10.4. The first kappa shape index (κ1) is 21.2. The summed E-state index contributed by atoms with van der Waals surface area (Å²) >= 11 is 2.96. The van der Waals surface area contributed by atoms with E-state index in [9.17, 15) is 4.79 Å². The molecule has 0 radical (unpaired) electrons. The van der Waals surface area contributed by atoms with Gasteiger partial charge in [-0.15, -0.1) is 11.3 Å². The van der Waals surface area contributed by atoms with Crippen molar-refractivity contribution in [1.29, 1.82) is 0 Å². The van der Waals surface area contributed by atoms with E-state index in [1.54, 1.807) is 11.3 Å². The van der Waals surface area contributed by atoms with Crippen molar-refractivity contribution < 1.29 is 9.90 Å². The first-order chi connectivity index (χ1) is 13.0. The minimum atomic E-state index is -0.848. The summed E-state index contributed by atoms with van der Waals surface area (Å²) in [5, 5.41) is 10.4. The Balaban J connectivity index is 0.000000194. The summed E-state index contributed by atoms with van der Waals surface area (Å²) in [6.07, 6.45) is 0. The molecule has 0 aliphatic carbocycles. The predicted molar refractivity (Wildman–Crippen MR) is 114 cm³/mol. The van der Waals surface area contributed by atoms with E-state index in [1.807, 2.05) is 36.7 Å². The van der Waals surface area contributed by atoms with Crippen LogP contribution in [0.4, 0.5) is 0 Å². The van der Waals surface area contributed by atoms with Gasteiger partial charge in [0.05, 0.1) is 11.2 Å². The van der Waals surface area contributed by atoms with Gasteiger partial charge in [0.2, 0.25) is 0 Å². The average molecular weight is 401 g/mol. The van der Waals surface area contributed by atoms with Crippen LogP contribution in [-0.2, 0) is 4.79 Å². The van der Waals surface area contributed by atoms with E-state index in [-0.39, 0.29) is 6.54 Å². The highest BCUT2D eigenvalue weighted by Crippen LogP contribution is 2.22. The zero-order valence-electron chi connectivity index (χ0n) is 15.7. The molecule has 3 rings (SSSR count). The number of carbonyl (C=O) groups is 1. The molecular formula is C21H24N2O2S2. The number of rotatable bonds is 6. The van der Waals surface area contributed by atoms with Crippen LogP contribution in [0.3, 0.4) is 0 Å². The van der Waals surface area contributed by atoms with Gasteiger partial charge >= 0.3 is 5.97 Å². The first-order valence-electron chi connectivity index (χ1n) is 8.62. The molecular weight excluding hydrogens is 376 g/mol. The predicted octanol–water partition coefficient (Wildman–Crippen LogP) is 5.61. The molecule has 0 saturated carbocycles. The van der Waals surface area contributed by atoms with Crippen LogP contribution in [0.25, 0.3) is 11.3 Å². The summed E-state index contributed by atoms with van der Waals surface area (Å²) in [6, 6.07) is 16.5. The van der Waals surface area contributed by atoms with Crippen molar-refractivity contribution in [2.45, 2.75) is 31.6 Å². The number of benzene rings is 2. The van der Waals surface area contributed by atoms with Gasteiger partial charge in [-0.3, -0.25) is 4.79 Å². The molecule has 142 valence electrons. The van der Waals surface area contributed by atoms with Gasteiger partial charge in [-0.25, -0.2) is 9.71 Å². The van der Waals surface area contributed by atoms with E-state index in [4.69, 9.17) is 5.11 Å². The average Bonchev–Trinajstić information content (AvgIpc) is 3.18. The van der Waals surface area contributed by atoms with E-state index in [0.29, 0.717) is 5.92 Å². The highest BCUT2D eigenvalue weighted by atomic mass is 32.2. The quantitative estimate of drug-likeness (QED) is 0.527. The molecule has 0 fully saturated rings. The number of hydrogen-bond donors (Lipinski definition) is 2. The molecule has 0 bridgehead atoms. The van der Waals surface area contributed by atoms with Crippen LogP contribution >= 0.6 is 23.3 Å². The summed E-state index contributed by atoms with van der Waals surface area (Å²) in [5.41, 5.74) is 6.72. The molecule has 0 aliphatic rings. The number of carboxylic acid groups (broad SMARTS) is 1. The number of carboxylic acids is 1. The fourth-order valence-electron chi connectivity index (χ4n) is 2.18. The Morgan fingerprint density at radius 2 is 1.81 bits per heavy atom. The Morgan fingerprint density at radius 1 is 1.15 bits per heavy atom. The van der Waals surface area contributed by atoms with Gasteiger partial charge in [0.25, 0.3) is 0 Å². The SMILES string of the molecule is CC(C)c1ccc(-c2cscn2)cc1.Cc1ccc(SNCC(=O)O)cc1. The number of hydrogen-bond acceptors (Lipinski definition) is 5. The summed E-state index contributed by atoms with van der Waals surface area (Å²) < 4.78 is 2.74. The van der Waals surface area contributed by atoms with Crippen LogP contribution in [0.5, 0.6) is 0 Å². The fraction of sp³-hybridized carbons (Fsp3) is 0.238. The second kappa shape index (κ2) is 10.9. The molecule has 4 nitrogen and oxygen atoms in total. The lowest BCUT2D eigenvalue weighted by molar-refractivity contribution is -0.135. The van der Waals surface area contributed by atoms with Gasteiger partial charge in [-0.1, -0.05) is 55.8 Å². The first-order valence-corrected chi connectivity index (χ1v) is 10.4. The largest absolute Gasteiger partial charge is 0.480 e. The van der Waals surface area contributed by atoms with Crippen LogP contribution in [0.15, 0.2) is 64.3 Å². The Bertz CT molecular complexity index is 814. The molecule has 2 N–H and O–H groups in total. The number of nitrogens with one attached hydrogen (secondary N) is 1. The third-order valence-corrected chi connectivity index (χ3v) is 5.12. The van der Waals surface area contributed by atoms with Gasteiger partial charge in [0.15, 0.2) is 0 Å². The summed E-state index contributed by atoms with van der Waals surface area (Å²) in [6.45, 7) is 6.40. The van der Waals surface area contributed by atoms with Crippen LogP contribution in [0.1, 0.15) is 30.9 Å². The molecule has 2 aromatic carbocycles. The third kappa shape index (κ3) is 7.54. The Labute approximate surface area is 168 Å². The van der Waals surface area contributed by atoms with Crippen molar-refractivity contribution in [2.75, 3.05) is 6.54 Å². The van der Waals surface area contributed by atoms with Crippen molar-refractivity contribution in [2.24, 2.45) is 0 Å². The highest BCUT2D eigenvalue weighted by Gasteiger charge is 2.01. The van der Waals surface area contributed by atoms with Crippen LogP contribution in [-0.4, -0.2) is 22.6 Å². The number of thiazole rings is 1. The van der Waals surface area contributed by atoms with Crippen molar-refractivity contribution >= 4 is 29.3 Å². The maximum atomic E-state index is 10.2. The van der Waals surface area contributed by atoms with Crippen molar-refractivity contribution in [1.82, 2.24) is 9.71 Å². The smallest absolute Gasteiger partial charge is 0.318 e. The van der Waals surface area contributed by atoms with E-state index in [2.05, 4.69) is 53.2 Å². The Morgan fingerprint density at radius 3 is 2.33 bits per heavy atom. The molecule has 0 saturated heterocycles. The highest BCUT2D eigenvalue weighted by molar-refractivity contribution is 7.97. The van der Waals surface area contributed by atoms with E-state index in [0.717, 1.165) is 10.6 Å². The molecule has 3 aromatic rings. The Kier molecular flexibility index (Phi) is 8.51. The summed E-state index contributed by atoms with van der Waals surface area (Å²) in [4.78, 5) is 15.5. The zero-order chi connectivity index (χ0) is 19.6. The molecule has 0 atom stereocenters. The minimum Gasteiger partial charge on any atom is -0.480 e. The van der Waals surface area contributed by atoms with Crippen molar-refractivity contribution in [3.05, 3.63) is 70.5 Å². The lowest BCUT2D eigenvalue weighted by Crippen LogP contribution is -2.15. The minimum absolute atomic E-state index is 0.0292. The van der Waals surface area contributed by atoms with Crippen molar-refractivity contribution in [3.8, 4) is 11.3 Å². The molecule has 0 unspecified atom stereocenters. The van der Waals surface area contributed by atoms with Gasteiger partial charge in [0, 0.05) is 15.8 Å². The van der Waals surface area contributed by atoms with Gasteiger partial charge in [0.1, 0.15) is 6.54 Å². The monoisotopic (exact) mass is 400 g/mol. The van der Waals surface area contributed by atoms with E-state index < -0.39 is 5.97 Å². The van der Waals surface area contributed by atoms with Crippen LogP contribution < -0.4 is 4.72 Å². The summed E-state index contributed by atoms with van der Waals surface area (Å²) in [7, 11) is 0.